The number of pyridine rings is 1. The van der Waals surface area contributed by atoms with E-state index in [1.54, 1.807) is 7.11 Å². The predicted molar refractivity (Wildman–Crippen MR) is 111 cm³/mol. The van der Waals surface area contributed by atoms with Crippen LogP contribution in [0.2, 0.25) is 0 Å². The van der Waals surface area contributed by atoms with E-state index in [4.69, 9.17) is 9.84 Å². The third-order valence-corrected chi connectivity index (χ3v) is 5.01. The molecule has 6 nitrogen and oxygen atoms in total. The predicted octanol–water partition coefficient (Wildman–Crippen LogP) is 3.38. The molecule has 1 aromatic carbocycles. The molecule has 1 aliphatic rings. The van der Waals surface area contributed by atoms with Crippen LogP contribution in [0.15, 0.2) is 36.5 Å². The molecule has 2 aromatic heterocycles. The van der Waals surface area contributed by atoms with Gasteiger partial charge in [0.15, 0.2) is 0 Å². The monoisotopic (exact) mass is 387 g/mol. The van der Waals surface area contributed by atoms with Crippen LogP contribution in [0.5, 0.6) is 5.75 Å². The molecule has 0 atom stereocenters. The quantitative estimate of drug-likeness (QED) is 0.702. The van der Waals surface area contributed by atoms with E-state index in [-0.39, 0.29) is 12.4 Å². The Kier molecular flexibility index (Phi) is 6.19. The van der Waals surface area contributed by atoms with Crippen molar-refractivity contribution < 1.29 is 4.74 Å². The van der Waals surface area contributed by atoms with Crippen LogP contribution < -0.4 is 15.4 Å². The fraction of sp³-hybridized carbons (Fsp3) is 0.400. The van der Waals surface area contributed by atoms with E-state index in [1.807, 2.05) is 24.4 Å². The molecule has 0 saturated carbocycles. The minimum atomic E-state index is 0. The van der Waals surface area contributed by atoms with Gasteiger partial charge in [-0.1, -0.05) is 12.1 Å². The smallest absolute Gasteiger partial charge is 0.137 e. The van der Waals surface area contributed by atoms with Crippen LogP contribution in [-0.2, 0) is 6.54 Å². The van der Waals surface area contributed by atoms with E-state index in [0.29, 0.717) is 6.04 Å². The first kappa shape index (κ1) is 19.5. The Hall–Kier alpha value is -2.31. The second-order valence-electron chi connectivity index (χ2n) is 6.81. The normalized spacial score (nSPS) is 14.7. The van der Waals surface area contributed by atoms with Gasteiger partial charge in [-0.2, -0.15) is 5.10 Å². The fourth-order valence-electron chi connectivity index (χ4n) is 3.60. The standard InChI is InChI=1S/C20H25N5O.ClH/c1-14-19-18(9-12-22-20(19)23-16-7-10-21-11-8-16)25(24-14)13-15-3-5-17(26-2)6-4-15;/h3-6,9,12,16,21H,7-8,10-11,13H2,1-2H3,(H,22,23);1H. The molecule has 27 heavy (non-hydrogen) atoms. The molecule has 0 spiro atoms. The third-order valence-electron chi connectivity index (χ3n) is 5.01. The third kappa shape index (κ3) is 4.17. The first-order valence-corrected chi connectivity index (χ1v) is 9.17. The molecular weight excluding hydrogens is 362 g/mol. The topological polar surface area (TPSA) is 64.0 Å². The van der Waals surface area contributed by atoms with Gasteiger partial charge in [0.1, 0.15) is 11.6 Å². The molecule has 4 rings (SSSR count). The summed E-state index contributed by atoms with van der Waals surface area (Å²) in [5.74, 6) is 1.82. The summed E-state index contributed by atoms with van der Waals surface area (Å²) in [5.41, 5.74) is 3.32. The van der Waals surface area contributed by atoms with Gasteiger partial charge in [0.05, 0.1) is 30.3 Å². The van der Waals surface area contributed by atoms with Crippen molar-refractivity contribution in [2.45, 2.75) is 32.4 Å². The van der Waals surface area contributed by atoms with Gasteiger partial charge in [0.25, 0.3) is 0 Å². The summed E-state index contributed by atoms with van der Waals surface area (Å²) in [6, 6.07) is 10.7. The maximum Gasteiger partial charge on any atom is 0.137 e. The van der Waals surface area contributed by atoms with Crippen molar-refractivity contribution >= 4 is 29.1 Å². The lowest BCUT2D eigenvalue weighted by Gasteiger charge is -2.24. The largest absolute Gasteiger partial charge is 0.497 e. The minimum Gasteiger partial charge on any atom is -0.497 e. The number of anilines is 1. The van der Waals surface area contributed by atoms with Crippen LogP contribution in [0.25, 0.3) is 10.9 Å². The van der Waals surface area contributed by atoms with Crippen molar-refractivity contribution in [1.29, 1.82) is 0 Å². The Balaban J connectivity index is 0.00000210. The van der Waals surface area contributed by atoms with E-state index in [0.717, 1.165) is 60.6 Å². The number of rotatable bonds is 5. The number of fused-ring (bicyclic) bond motifs is 1. The lowest BCUT2D eigenvalue weighted by molar-refractivity contribution is 0.414. The zero-order valence-electron chi connectivity index (χ0n) is 15.7. The second-order valence-corrected chi connectivity index (χ2v) is 6.81. The van der Waals surface area contributed by atoms with Crippen LogP contribution in [0.4, 0.5) is 5.82 Å². The van der Waals surface area contributed by atoms with Gasteiger partial charge in [0.2, 0.25) is 0 Å². The summed E-state index contributed by atoms with van der Waals surface area (Å²) in [6.07, 6.45) is 4.12. The first-order valence-electron chi connectivity index (χ1n) is 9.17. The van der Waals surface area contributed by atoms with Crippen LogP contribution >= 0.6 is 12.4 Å². The summed E-state index contributed by atoms with van der Waals surface area (Å²) in [4.78, 5) is 4.60. The molecule has 0 aliphatic carbocycles. The number of nitrogens with zero attached hydrogens (tertiary/aromatic N) is 3. The Morgan fingerprint density at radius 3 is 2.63 bits per heavy atom. The van der Waals surface area contributed by atoms with Gasteiger partial charge in [-0.25, -0.2) is 4.98 Å². The molecule has 0 bridgehead atoms. The summed E-state index contributed by atoms with van der Waals surface area (Å²) < 4.78 is 7.30. The number of nitrogens with one attached hydrogen (secondary N) is 2. The zero-order chi connectivity index (χ0) is 17.9. The molecular formula is C20H26ClN5O. The molecule has 3 aromatic rings. The Morgan fingerprint density at radius 1 is 1.19 bits per heavy atom. The molecule has 1 saturated heterocycles. The zero-order valence-corrected chi connectivity index (χ0v) is 16.6. The second kappa shape index (κ2) is 8.59. The number of hydrogen-bond acceptors (Lipinski definition) is 5. The number of aryl methyl sites for hydroxylation is 1. The van der Waals surface area contributed by atoms with Crippen LogP contribution in [0, 0.1) is 6.92 Å². The summed E-state index contributed by atoms with van der Waals surface area (Å²) in [7, 11) is 1.68. The molecule has 0 amide bonds. The summed E-state index contributed by atoms with van der Waals surface area (Å²) in [6.45, 7) is 4.90. The molecule has 1 fully saturated rings. The number of piperidine rings is 1. The first-order chi connectivity index (χ1) is 12.7. The van der Waals surface area contributed by atoms with Crippen molar-refractivity contribution in [1.82, 2.24) is 20.1 Å². The van der Waals surface area contributed by atoms with Gasteiger partial charge < -0.3 is 15.4 Å². The van der Waals surface area contributed by atoms with Crippen molar-refractivity contribution in [3.05, 3.63) is 47.8 Å². The molecule has 7 heteroatoms. The highest BCUT2D eigenvalue weighted by Gasteiger charge is 2.17. The van der Waals surface area contributed by atoms with Crippen molar-refractivity contribution in [3.8, 4) is 5.75 Å². The Morgan fingerprint density at radius 2 is 1.93 bits per heavy atom. The highest BCUT2D eigenvalue weighted by molar-refractivity contribution is 5.92. The van der Waals surface area contributed by atoms with Crippen molar-refractivity contribution in [2.24, 2.45) is 0 Å². The minimum absolute atomic E-state index is 0. The lowest BCUT2D eigenvalue weighted by Crippen LogP contribution is -2.35. The SMILES string of the molecule is COc1ccc(Cn2nc(C)c3c(NC4CCNCC4)nccc32)cc1.Cl. The molecule has 1 aliphatic heterocycles. The highest BCUT2D eigenvalue weighted by atomic mass is 35.5. The fourth-order valence-corrected chi connectivity index (χ4v) is 3.60. The summed E-state index contributed by atoms with van der Waals surface area (Å²) in [5, 5.41) is 12.9. The number of halogens is 1. The van der Waals surface area contributed by atoms with E-state index < -0.39 is 0 Å². The number of hydrogen-bond donors (Lipinski definition) is 2. The van der Waals surface area contributed by atoms with Gasteiger partial charge in [-0.15, -0.1) is 12.4 Å². The number of ether oxygens (including phenoxy) is 1. The molecule has 2 N–H and O–H groups in total. The van der Waals surface area contributed by atoms with E-state index in [2.05, 4.69) is 39.4 Å². The van der Waals surface area contributed by atoms with Crippen LogP contribution in [-0.4, -0.2) is 41.0 Å². The number of methoxy groups -OCH3 is 1. The maximum atomic E-state index is 5.24. The Labute approximate surface area is 165 Å². The van der Waals surface area contributed by atoms with E-state index >= 15 is 0 Å². The number of benzene rings is 1. The van der Waals surface area contributed by atoms with Crippen LogP contribution in [0.1, 0.15) is 24.1 Å². The molecule has 144 valence electrons. The highest BCUT2D eigenvalue weighted by Crippen LogP contribution is 2.27. The average molecular weight is 388 g/mol. The van der Waals surface area contributed by atoms with E-state index in [1.165, 1.54) is 5.56 Å². The molecule has 0 unspecified atom stereocenters. The average Bonchev–Trinajstić information content (AvgIpc) is 3.00. The van der Waals surface area contributed by atoms with Crippen molar-refractivity contribution in [2.75, 3.05) is 25.5 Å². The van der Waals surface area contributed by atoms with Gasteiger partial charge >= 0.3 is 0 Å². The van der Waals surface area contributed by atoms with E-state index in [9.17, 15) is 0 Å². The maximum absolute atomic E-state index is 5.24. The van der Waals surface area contributed by atoms with Crippen LogP contribution in [0.3, 0.4) is 0 Å². The lowest BCUT2D eigenvalue weighted by atomic mass is 10.1. The molecule has 0 radical (unpaired) electrons. The van der Waals surface area contributed by atoms with Gasteiger partial charge in [-0.05, 0) is 56.6 Å². The summed E-state index contributed by atoms with van der Waals surface area (Å²) >= 11 is 0. The van der Waals surface area contributed by atoms with Gasteiger partial charge in [-0.3, -0.25) is 4.68 Å². The Bertz CT molecular complexity index is 887. The number of aromatic nitrogens is 3. The van der Waals surface area contributed by atoms with Gasteiger partial charge in [0, 0.05) is 12.2 Å². The molecule has 3 heterocycles. The van der Waals surface area contributed by atoms with Crippen molar-refractivity contribution in [3.63, 3.8) is 0 Å².